The molecule has 1 heterocycles. The lowest BCUT2D eigenvalue weighted by Crippen LogP contribution is -2.22. The van der Waals surface area contributed by atoms with Crippen LogP contribution in [0.3, 0.4) is 0 Å². The van der Waals surface area contributed by atoms with Crippen molar-refractivity contribution in [3.63, 3.8) is 0 Å². The molecular weight excluding hydrogens is 418 g/mol. The van der Waals surface area contributed by atoms with E-state index in [2.05, 4.69) is 0 Å². The van der Waals surface area contributed by atoms with E-state index in [-0.39, 0.29) is 5.78 Å². The van der Waals surface area contributed by atoms with E-state index in [0.717, 1.165) is 11.1 Å². The van der Waals surface area contributed by atoms with Crippen LogP contribution in [0.15, 0.2) is 48.8 Å². The summed E-state index contributed by atoms with van der Waals surface area (Å²) in [5.74, 6) is 2.81. The van der Waals surface area contributed by atoms with Gasteiger partial charge in [-0.2, -0.15) is 0 Å². The monoisotopic (exact) mass is 449 g/mol. The Balaban J connectivity index is 1.53. The molecule has 0 aliphatic heterocycles. The Hall–Kier alpha value is -3.48. The van der Waals surface area contributed by atoms with Crippen LogP contribution >= 0.6 is 0 Å². The van der Waals surface area contributed by atoms with Crippen LogP contribution in [0.1, 0.15) is 40.7 Å². The fourth-order valence-electron chi connectivity index (χ4n) is 3.76. The number of ether oxygens (including phenoxy) is 3. The summed E-state index contributed by atoms with van der Waals surface area (Å²) in [5.41, 5.74) is 2.97. The molecule has 2 aromatic carbocycles. The van der Waals surface area contributed by atoms with Gasteiger partial charge in [0.25, 0.3) is 0 Å². The van der Waals surface area contributed by atoms with Crippen LogP contribution in [0.5, 0.6) is 17.2 Å². The van der Waals surface area contributed by atoms with E-state index >= 15 is 0 Å². The number of aryl methyl sites for hydroxylation is 2. The molecule has 7 heteroatoms. The van der Waals surface area contributed by atoms with E-state index in [0.29, 0.717) is 60.3 Å². The molecule has 0 radical (unpaired) electrons. The third kappa shape index (κ3) is 5.86. The fourth-order valence-corrected chi connectivity index (χ4v) is 3.76. The molecule has 0 unspecified atom stereocenters. The minimum atomic E-state index is 0.0547. The molecule has 0 spiro atoms. The molecule has 1 fully saturated rings. The Kier molecular flexibility index (Phi) is 6.87. The molecule has 33 heavy (non-hydrogen) atoms. The molecule has 1 aliphatic carbocycles. The summed E-state index contributed by atoms with van der Waals surface area (Å²) < 4.78 is 20.3. The first kappa shape index (κ1) is 22.7. The minimum absolute atomic E-state index is 0.0547. The quantitative estimate of drug-likeness (QED) is 0.449. The van der Waals surface area contributed by atoms with E-state index in [9.17, 15) is 4.79 Å². The number of ketones is 1. The third-order valence-corrected chi connectivity index (χ3v) is 5.95. The fraction of sp³-hybridized carbons (Fsp3) is 0.385. The predicted molar refractivity (Wildman–Crippen MR) is 125 cm³/mol. The van der Waals surface area contributed by atoms with Crippen molar-refractivity contribution in [1.82, 2.24) is 9.13 Å². The van der Waals surface area contributed by atoms with E-state index in [4.69, 9.17) is 19.6 Å². The van der Waals surface area contributed by atoms with Crippen LogP contribution in [0, 0.1) is 11.3 Å². The van der Waals surface area contributed by atoms with E-state index < -0.39 is 0 Å². The molecule has 1 saturated carbocycles. The van der Waals surface area contributed by atoms with Crippen molar-refractivity contribution in [1.29, 1.82) is 5.41 Å². The van der Waals surface area contributed by atoms with Crippen molar-refractivity contribution in [2.24, 2.45) is 13.0 Å². The highest BCUT2D eigenvalue weighted by molar-refractivity contribution is 5.96. The van der Waals surface area contributed by atoms with Gasteiger partial charge in [-0.15, -0.1) is 0 Å². The summed E-state index contributed by atoms with van der Waals surface area (Å²) in [4.78, 5) is 13.1. The van der Waals surface area contributed by atoms with Crippen molar-refractivity contribution in [2.75, 3.05) is 20.8 Å². The number of nitrogens with zero attached hydrogens (tertiary/aromatic N) is 2. The number of carbonyl (C=O) groups excluding carboxylic acids is 1. The van der Waals surface area contributed by atoms with Gasteiger partial charge in [0, 0.05) is 37.5 Å². The summed E-state index contributed by atoms with van der Waals surface area (Å²) >= 11 is 0. The maximum atomic E-state index is 13.1. The summed E-state index contributed by atoms with van der Waals surface area (Å²) in [6.07, 6.45) is 7.08. The molecule has 3 aromatic rings. The van der Waals surface area contributed by atoms with Gasteiger partial charge < -0.3 is 23.3 Å². The molecule has 1 N–H and O–H groups in total. The summed E-state index contributed by atoms with van der Waals surface area (Å²) in [6, 6.07) is 11.4. The first-order chi connectivity index (χ1) is 15.9. The van der Waals surface area contributed by atoms with Crippen LogP contribution in [0.2, 0.25) is 0 Å². The molecule has 0 atom stereocenters. The zero-order chi connectivity index (χ0) is 23.4. The first-order valence-corrected chi connectivity index (χ1v) is 11.2. The average Bonchev–Trinajstić information content (AvgIpc) is 3.62. The molecule has 7 nitrogen and oxygen atoms in total. The molecule has 4 rings (SSSR count). The van der Waals surface area contributed by atoms with Gasteiger partial charge in [0.15, 0.2) is 5.78 Å². The Labute approximate surface area is 194 Å². The third-order valence-electron chi connectivity index (χ3n) is 5.95. The number of imidazole rings is 1. The van der Waals surface area contributed by atoms with Gasteiger partial charge >= 0.3 is 0 Å². The number of hydrogen-bond donors (Lipinski definition) is 1. The van der Waals surface area contributed by atoms with Crippen molar-refractivity contribution >= 4 is 5.78 Å². The van der Waals surface area contributed by atoms with Gasteiger partial charge in [0.05, 0.1) is 27.4 Å². The number of hydrogen-bond acceptors (Lipinski definition) is 5. The van der Waals surface area contributed by atoms with Gasteiger partial charge in [-0.3, -0.25) is 10.2 Å². The lowest BCUT2D eigenvalue weighted by atomic mass is 10.0. The predicted octanol–water partition coefficient (Wildman–Crippen LogP) is 3.98. The Morgan fingerprint density at radius 3 is 2.27 bits per heavy atom. The van der Waals surface area contributed by atoms with Crippen molar-refractivity contribution in [3.8, 4) is 17.2 Å². The van der Waals surface area contributed by atoms with Gasteiger partial charge in [0.2, 0.25) is 5.62 Å². The maximum Gasteiger partial charge on any atom is 0.202 e. The summed E-state index contributed by atoms with van der Waals surface area (Å²) in [7, 11) is 5.08. The second-order valence-electron chi connectivity index (χ2n) is 8.62. The molecular formula is C26H31N3O4. The van der Waals surface area contributed by atoms with E-state index in [1.807, 2.05) is 60.4 Å². The Bertz CT molecular complexity index is 1170. The minimum Gasteiger partial charge on any atom is -0.497 e. The molecule has 0 saturated heterocycles. The second-order valence-corrected chi connectivity index (χ2v) is 8.62. The normalized spacial score (nSPS) is 13.1. The van der Waals surface area contributed by atoms with Gasteiger partial charge in [-0.1, -0.05) is 0 Å². The molecule has 1 aromatic heterocycles. The lowest BCUT2D eigenvalue weighted by Gasteiger charge is -2.12. The number of benzene rings is 2. The SMILES string of the molecule is COc1cc(CCC(=O)c2cc(Cn3ccn(C)c3=N)cc(OCC3CC3)c2)cc(OC)c1. The number of methoxy groups -OCH3 is 2. The second kappa shape index (κ2) is 9.98. The number of nitrogens with one attached hydrogen (secondary N) is 1. The lowest BCUT2D eigenvalue weighted by molar-refractivity contribution is 0.0982. The molecule has 0 bridgehead atoms. The average molecular weight is 450 g/mol. The Morgan fingerprint density at radius 2 is 1.67 bits per heavy atom. The van der Waals surface area contributed by atoms with E-state index in [1.54, 1.807) is 18.8 Å². The number of rotatable bonds is 11. The molecule has 1 aliphatic rings. The Morgan fingerprint density at radius 1 is 0.970 bits per heavy atom. The van der Waals surface area contributed by atoms with Crippen LogP contribution in [-0.2, 0) is 20.0 Å². The van der Waals surface area contributed by atoms with E-state index in [1.165, 1.54) is 12.8 Å². The summed E-state index contributed by atoms with van der Waals surface area (Å²) in [5, 5.41) is 8.20. The van der Waals surface area contributed by atoms with Crippen LogP contribution in [0.4, 0.5) is 0 Å². The van der Waals surface area contributed by atoms with Gasteiger partial charge in [-0.05, 0) is 66.6 Å². The maximum absolute atomic E-state index is 13.1. The highest BCUT2D eigenvalue weighted by Crippen LogP contribution is 2.30. The van der Waals surface area contributed by atoms with Gasteiger partial charge in [0.1, 0.15) is 17.2 Å². The molecule has 174 valence electrons. The highest BCUT2D eigenvalue weighted by atomic mass is 16.5. The smallest absolute Gasteiger partial charge is 0.202 e. The van der Waals surface area contributed by atoms with Crippen LogP contribution in [-0.4, -0.2) is 35.7 Å². The zero-order valence-electron chi connectivity index (χ0n) is 19.5. The van der Waals surface area contributed by atoms with Gasteiger partial charge in [-0.25, -0.2) is 0 Å². The first-order valence-electron chi connectivity index (χ1n) is 11.2. The highest BCUT2D eigenvalue weighted by Gasteiger charge is 2.22. The van der Waals surface area contributed by atoms with Crippen molar-refractivity contribution in [3.05, 3.63) is 71.1 Å². The van der Waals surface area contributed by atoms with Crippen molar-refractivity contribution in [2.45, 2.75) is 32.2 Å². The van der Waals surface area contributed by atoms with Crippen LogP contribution in [0.25, 0.3) is 0 Å². The molecule has 0 amide bonds. The largest absolute Gasteiger partial charge is 0.497 e. The standard InChI is InChI=1S/C26H31N3O4/c1-28-8-9-29(26(28)27)16-20-10-21(14-24(13-20)33-17-18-4-5-18)25(30)7-6-19-11-22(31-2)15-23(12-19)32-3/h8-15,18,27H,4-7,16-17H2,1-3H3. The van der Waals surface area contributed by atoms with Crippen molar-refractivity contribution < 1.29 is 19.0 Å². The zero-order valence-corrected chi connectivity index (χ0v) is 19.5. The summed E-state index contributed by atoms with van der Waals surface area (Å²) in [6.45, 7) is 1.19. The number of carbonyl (C=O) groups is 1. The number of Topliss-reactive ketones (excluding diaryl/α,β-unsaturated/α-hetero) is 1. The number of aromatic nitrogens is 2. The van der Waals surface area contributed by atoms with Crippen LogP contribution < -0.4 is 19.8 Å². The topological polar surface area (TPSA) is 78.5 Å².